The number of aldehydes is 1. The van der Waals surface area contributed by atoms with Crippen LogP contribution in [0.1, 0.15) is 27.2 Å². The van der Waals surface area contributed by atoms with E-state index in [9.17, 15) is 14.4 Å². The fourth-order valence-electron chi connectivity index (χ4n) is 1.90. The molecule has 1 saturated heterocycles. The molecule has 6 heteroatoms. The Morgan fingerprint density at radius 2 is 1.89 bits per heavy atom. The van der Waals surface area contributed by atoms with Crippen molar-refractivity contribution in [2.24, 2.45) is 5.92 Å². The molecule has 0 amide bonds. The van der Waals surface area contributed by atoms with Gasteiger partial charge in [-0.25, -0.2) is 0 Å². The van der Waals surface area contributed by atoms with Crippen molar-refractivity contribution in [2.75, 3.05) is 7.11 Å². The Balaban J connectivity index is 2.80. The largest absolute Gasteiger partial charge is 0.469 e. The van der Waals surface area contributed by atoms with Gasteiger partial charge in [0.2, 0.25) is 0 Å². The van der Waals surface area contributed by atoms with Gasteiger partial charge in [0.15, 0.2) is 0 Å². The smallest absolute Gasteiger partial charge is 0.324 e. The molecule has 0 aromatic rings. The van der Waals surface area contributed by atoms with Gasteiger partial charge in [0.1, 0.15) is 17.9 Å². The average Bonchev–Trinajstić information content (AvgIpc) is 2.69. The highest BCUT2D eigenvalue weighted by Gasteiger charge is 2.44. The zero-order valence-electron chi connectivity index (χ0n) is 11.1. The molecule has 1 unspecified atom stereocenters. The first-order valence-electron chi connectivity index (χ1n) is 5.80. The predicted molar refractivity (Wildman–Crippen MR) is 62.7 cm³/mol. The fourth-order valence-corrected chi connectivity index (χ4v) is 1.90. The van der Waals surface area contributed by atoms with Crippen LogP contribution >= 0.6 is 0 Å². The number of carbonyl (C=O) groups excluding carboxylic acids is 3. The van der Waals surface area contributed by atoms with Crippen molar-refractivity contribution < 1.29 is 23.9 Å². The Hall–Kier alpha value is -1.43. The number of rotatable bonds is 3. The van der Waals surface area contributed by atoms with E-state index in [1.807, 2.05) is 0 Å². The molecule has 102 valence electrons. The summed E-state index contributed by atoms with van der Waals surface area (Å²) in [7, 11) is 1.25. The van der Waals surface area contributed by atoms with Crippen molar-refractivity contribution in [1.29, 1.82) is 0 Å². The van der Waals surface area contributed by atoms with Gasteiger partial charge in [-0.15, -0.1) is 0 Å². The van der Waals surface area contributed by atoms with Crippen LogP contribution in [0.2, 0.25) is 0 Å². The van der Waals surface area contributed by atoms with Crippen LogP contribution in [0.15, 0.2) is 0 Å². The first kappa shape index (κ1) is 14.6. The van der Waals surface area contributed by atoms with E-state index in [0.29, 0.717) is 6.29 Å². The van der Waals surface area contributed by atoms with Gasteiger partial charge in [-0.05, 0) is 27.2 Å². The number of ether oxygens (including phenoxy) is 2. The topological polar surface area (TPSA) is 81.7 Å². The van der Waals surface area contributed by atoms with Crippen LogP contribution in [0.3, 0.4) is 0 Å². The minimum Gasteiger partial charge on any atom is -0.469 e. The zero-order chi connectivity index (χ0) is 13.9. The van der Waals surface area contributed by atoms with Crippen LogP contribution < -0.4 is 5.32 Å². The standard InChI is InChI=1S/C12H19NO5/c1-12(2,3)18-11(16)9-8(10(15)17-4)5-7(6-14)13-9/h6-9,13H,5H2,1-4H3/t7-,8-,9?/m0/s1. The Bertz CT molecular complexity index is 347. The van der Waals surface area contributed by atoms with Crippen LogP contribution in [0, 0.1) is 5.92 Å². The van der Waals surface area contributed by atoms with Gasteiger partial charge >= 0.3 is 11.9 Å². The third kappa shape index (κ3) is 3.53. The van der Waals surface area contributed by atoms with E-state index in [4.69, 9.17) is 4.74 Å². The molecule has 1 fully saturated rings. The second kappa shape index (κ2) is 5.48. The van der Waals surface area contributed by atoms with Gasteiger partial charge in [0.25, 0.3) is 0 Å². The Morgan fingerprint density at radius 3 is 2.33 bits per heavy atom. The van der Waals surface area contributed by atoms with E-state index in [1.165, 1.54) is 7.11 Å². The summed E-state index contributed by atoms with van der Waals surface area (Å²) in [6.07, 6.45) is 0.931. The van der Waals surface area contributed by atoms with Crippen molar-refractivity contribution in [3.63, 3.8) is 0 Å². The molecule has 0 aromatic heterocycles. The molecule has 0 radical (unpaired) electrons. The third-order valence-corrected chi connectivity index (χ3v) is 2.63. The number of esters is 2. The van der Waals surface area contributed by atoms with Gasteiger partial charge in [-0.1, -0.05) is 0 Å². The highest BCUT2D eigenvalue weighted by molar-refractivity contribution is 5.87. The number of nitrogens with one attached hydrogen (secondary N) is 1. The Labute approximate surface area is 106 Å². The lowest BCUT2D eigenvalue weighted by Gasteiger charge is -2.24. The summed E-state index contributed by atoms with van der Waals surface area (Å²) in [6.45, 7) is 5.22. The first-order valence-corrected chi connectivity index (χ1v) is 5.80. The lowest BCUT2D eigenvalue weighted by atomic mass is 9.99. The summed E-state index contributed by atoms with van der Waals surface area (Å²) < 4.78 is 9.85. The number of hydrogen-bond donors (Lipinski definition) is 1. The second-order valence-electron chi connectivity index (χ2n) is 5.29. The van der Waals surface area contributed by atoms with Gasteiger partial charge in [-0.2, -0.15) is 0 Å². The molecule has 1 aliphatic rings. The van der Waals surface area contributed by atoms with Crippen molar-refractivity contribution in [2.45, 2.75) is 44.9 Å². The molecule has 1 aliphatic heterocycles. The van der Waals surface area contributed by atoms with Crippen molar-refractivity contribution in [3.05, 3.63) is 0 Å². The highest BCUT2D eigenvalue weighted by atomic mass is 16.6. The summed E-state index contributed by atoms with van der Waals surface area (Å²) in [5.74, 6) is -1.73. The molecule has 6 nitrogen and oxygen atoms in total. The second-order valence-corrected chi connectivity index (χ2v) is 5.29. The molecular weight excluding hydrogens is 238 g/mol. The molecule has 0 spiro atoms. The van der Waals surface area contributed by atoms with Gasteiger partial charge in [0, 0.05) is 0 Å². The molecular formula is C12H19NO5. The van der Waals surface area contributed by atoms with Gasteiger partial charge in [-0.3, -0.25) is 14.9 Å². The SMILES string of the molecule is COC(=O)[C@H]1C[C@@H](C=O)NC1C(=O)OC(C)(C)C. The normalized spacial score (nSPS) is 27.7. The number of methoxy groups -OCH3 is 1. The molecule has 0 saturated carbocycles. The monoisotopic (exact) mass is 257 g/mol. The van der Waals surface area contributed by atoms with Crippen LogP contribution in [-0.4, -0.2) is 43.0 Å². The van der Waals surface area contributed by atoms with Crippen LogP contribution in [0.4, 0.5) is 0 Å². The molecule has 0 aliphatic carbocycles. The first-order chi connectivity index (χ1) is 8.28. The lowest BCUT2D eigenvalue weighted by Crippen LogP contribution is -2.44. The number of carbonyl (C=O) groups is 3. The molecule has 0 aromatic carbocycles. The molecule has 1 N–H and O–H groups in total. The maximum atomic E-state index is 11.9. The Kier molecular flexibility index (Phi) is 4.45. The van der Waals surface area contributed by atoms with Gasteiger partial charge in [0.05, 0.1) is 19.1 Å². The quantitative estimate of drug-likeness (QED) is 0.568. The zero-order valence-corrected chi connectivity index (χ0v) is 11.1. The van der Waals surface area contributed by atoms with E-state index < -0.39 is 35.5 Å². The minimum atomic E-state index is -0.827. The van der Waals surface area contributed by atoms with E-state index in [0.717, 1.165) is 0 Å². The fraction of sp³-hybridized carbons (Fsp3) is 0.750. The predicted octanol–water partition coefficient (Wildman–Crippen LogP) is 0.0467. The summed E-state index contributed by atoms with van der Waals surface area (Å²) >= 11 is 0. The van der Waals surface area contributed by atoms with Crippen LogP contribution in [0.5, 0.6) is 0 Å². The molecule has 1 rings (SSSR count). The maximum absolute atomic E-state index is 11.9. The third-order valence-electron chi connectivity index (χ3n) is 2.63. The van der Waals surface area contributed by atoms with Crippen LogP contribution in [0.25, 0.3) is 0 Å². The van der Waals surface area contributed by atoms with Gasteiger partial charge < -0.3 is 14.3 Å². The molecule has 18 heavy (non-hydrogen) atoms. The van der Waals surface area contributed by atoms with Crippen molar-refractivity contribution >= 4 is 18.2 Å². The molecule has 1 heterocycles. The summed E-state index contributed by atoms with van der Waals surface area (Å²) in [5, 5.41) is 2.78. The van der Waals surface area contributed by atoms with E-state index in [2.05, 4.69) is 10.1 Å². The molecule has 0 bridgehead atoms. The van der Waals surface area contributed by atoms with Crippen molar-refractivity contribution in [3.8, 4) is 0 Å². The lowest BCUT2D eigenvalue weighted by molar-refractivity contribution is -0.162. The van der Waals surface area contributed by atoms with Crippen LogP contribution in [-0.2, 0) is 23.9 Å². The van der Waals surface area contributed by atoms with E-state index in [1.54, 1.807) is 20.8 Å². The summed E-state index contributed by atoms with van der Waals surface area (Å²) in [6, 6.07) is -1.35. The van der Waals surface area contributed by atoms with Crippen molar-refractivity contribution in [1.82, 2.24) is 5.32 Å². The highest BCUT2D eigenvalue weighted by Crippen LogP contribution is 2.23. The Morgan fingerprint density at radius 1 is 1.28 bits per heavy atom. The maximum Gasteiger partial charge on any atom is 0.324 e. The average molecular weight is 257 g/mol. The minimum absolute atomic E-state index is 0.250. The van der Waals surface area contributed by atoms with E-state index in [-0.39, 0.29) is 6.42 Å². The summed E-state index contributed by atoms with van der Waals surface area (Å²) in [4.78, 5) is 34.3. The number of hydrogen-bond acceptors (Lipinski definition) is 6. The van der Waals surface area contributed by atoms with E-state index >= 15 is 0 Å². The molecule has 3 atom stereocenters. The summed E-state index contributed by atoms with van der Waals surface area (Å²) in [5.41, 5.74) is -0.640.